The highest BCUT2D eigenvalue weighted by Crippen LogP contribution is 2.24. The fourth-order valence-electron chi connectivity index (χ4n) is 3.85. The summed E-state index contributed by atoms with van der Waals surface area (Å²) in [5, 5.41) is 5.35. The Hall–Kier alpha value is -1.83. The summed E-state index contributed by atoms with van der Waals surface area (Å²) < 4.78 is 29.3. The minimum atomic E-state index is -3.05. The van der Waals surface area contributed by atoms with Gasteiger partial charge in [-0.2, -0.15) is 0 Å². The van der Waals surface area contributed by atoms with Gasteiger partial charge in [-0.3, -0.25) is 0 Å². The van der Waals surface area contributed by atoms with Crippen LogP contribution >= 0.6 is 0 Å². The zero-order valence-corrected chi connectivity index (χ0v) is 16.6. The molecular weight excluding hydrogens is 366 g/mol. The van der Waals surface area contributed by atoms with Crippen molar-refractivity contribution < 1.29 is 17.9 Å². The molecular formula is C19H29N3O4S. The van der Waals surface area contributed by atoms with Crippen molar-refractivity contribution in [3.63, 3.8) is 0 Å². The minimum absolute atomic E-state index is 0.0983. The molecule has 2 aliphatic carbocycles. The van der Waals surface area contributed by atoms with Gasteiger partial charge >= 0.3 is 6.03 Å². The molecule has 1 heterocycles. The molecule has 0 bridgehead atoms. The van der Waals surface area contributed by atoms with Gasteiger partial charge in [-0.15, -0.1) is 0 Å². The third kappa shape index (κ3) is 6.09. The van der Waals surface area contributed by atoms with Crippen LogP contribution in [0.1, 0.15) is 56.9 Å². The fraction of sp³-hybridized carbons (Fsp3) is 0.684. The number of carbonyl (C=O) groups is 1. The molecule has 7 nitrogen and oxygen atoms in total. The average molecular weight is 396 g/mol. The van der Waals surface area contributed by atoms with Crippen molar-refractivity contribution >= 4 is 15.9 Å². The second kappa shape index (κ2) is 8.91. The van der Waals surface area contributed by atoms with Gasteiger partial charge < -0.3 is 15.4 Å². The topological polar surface area (TPSA) is 97.4 Å². The van der Waals surface area contributed by atoms with Crippen LogP contribution in [-0.2, 0) is 16.4 Å². The van der Waals surface area contributed by atoms with E-state index in [1.165, 1.54) is 19.1 Å². The van der Waals surface area contributed by atoms with Crippen LogP contribution in [0.5, 0.6) is 5.88 Å². The van der Waals surface area contributed by atoms with Gasteiger partial charge in [0, 0.05) is 31.1 Å². The summed E-state index contributed by atoms with van der Waals surface area (Å²) >= 11 is 0. The molecule has 27 heavy (non-hydrogen) atoms. The van der Waals surface area contributed by atoms with E-state index in [-0.39, 0.29) is 23.4 Å². The molecule has 1 aromatic heterocycles. The molecule has 3 rings (SSSR count). The molecule has 0 radical (unpaired) electrons. The number of urea groups is 1. The Labute approximate surface area is 161 Å². The van der Waals surface area contributed by atoms with Gasteiger partial charge in [-0.05, 0) is 50.5 Å². The molecule has 2 amide bonds. The van der Waals surface area contributed by atoms with E-state index in [0.29, 0.717) is 25.3 Å². The average Bonchev–Trinajstić information content (AvgIpc) is 3.14. The van der Waals surface area contributed by atoms with Crippen LogP contribution in [0.25, 0.3) is 0 Å². The van der Waals surface area contributed by atoms with E-state index in [1.807, 2.05) is 12.1 Å². The van der Waals surface area contributed by atoms with Crippen molar-refractivity contribution in [3.05, 3.63) is 23.9 Å². The number of nitrogens with one attached hydrogen (secondary N) is 2. The van der Waals surface area contributed by atoms with E-state index in [1.54, 1.807) is 6.20 Å². The van der Waals surface area contributed by atoms with Crippen molar-refractivity contribution in [1.82, 2.24) is 15.6 Å². The maximum absolute atomic E-state index is 12.1. The highest BCUT2D eigenvalue weighted by atomic mass is 32.2. The molecule has 1 aromatic rings. The smallest absolute Gasteiger partial charge is 0.315 e. The maximum atomic E-state index is 12.1. The van der Waals surface area contributed by atoms with Crippen molar-refractivity contribution in [2.24, 2.45) is 0 Å². The second-order valence-electron chi connectivity index (χ2n) is 7.67. The summed E-state index contributed by atoms with van der Waals surface area (Å²) in [6.07, 6.45) is 10.7. The van der Waals surface area contributed by atoms with Gasteiger partial charge in [0.2, 0.25) is 5.88 Å². The second-order valence-corrected chi connectivity index (χ2v) is 10.00. The zero-order chi connectivity index (χ0) is 19.3. The first-order valence-corrected chi connectivity index (χ1v) is 11.7. The lowest BCUT2D eigenvalue weighted by Gasteiger charge is -2.28. The van der Waals surface area contributed by atoms with E-state index >= 15 is 0 Å². The van der Waals surface area contributed by atoms with Crippen LogP contribution in [0.4, 0.5) is 4.79 Å². The molecule has 2 atom stereocenters. The lowest BCUT2D eigenvalue weighted by Crippen LogP contribution is -2.45. The highest BCUT2D eigenvalue weighted by Gasteiger charge is 2.29. The Morgan fingerprint density at radius 3 is 2.63 bits per heavy atom. The predicted octanol–water partition coefficient (Wildman–Crippen LogP) is 2.56. The van der Waals surface area contributed by atoms with E-state index in [2.05, 4.69) is 15.6 Å². The van der Waals surface area contributed by atoms with Crippen LogP contribution in [0, 0.1) is 0 Å². The summed E-state index contributed by atoms with van der Waals surface area (Å²) in [5.41, 5.74) is 0.890. The molecule has 0 saturated heterocycles. The quantitative estimate of drug-likeness (QED) is 0.771. The monoisotopic (exact) mass is 395 g/mol. The Morgan fingerprint density at radius 2 is 1.96 bits per heavy atom. The van der Waals surface area contributed by atoms with Crippen molar-refractivity contribution in [2.75, 3.05) is 6.26 Å². The Bertz CT molecular complexity index is 730. The number of sulfone groups is 1. The number of pyridine rings is 1. The fourth-order valence-corrected chi connectivity index (χ4v) is 5.02. The number of hydrogen-bond donors (Lipinski definition) is 2. The predicted molar refractivity (Wildman–Crippen MR) is 103 cm³/mol. The van der Waals surface area contributed by atoms with E-state index in [0.717, 1.165) is 31.2 Å². The van der Waals surface area contributed by atoms with Crippen molar-refractivity contribution in [2.45, 2.75) is 75.3 Å². The normalized spacial score (nSPS) is 23.7. The summed E-state index contributed by atoms with van der Waals surface area (Å²) in [7, 11) is -3.05. The van der Waals surface area contributed by atoms with Crippen LogP contribution in [0.2, 0.25) is 0 Å². The van der Waals surface area contributed by atoms with Gasteiger partial charge in [0.1, 0.15) is 15.9 Å². The van der Waals surface area contributed by atoms with Gasteiger partial charge in [-0.1, -0.05) is 12.5 Å². The van der Waals surface area contributed by atoms with Crippen molar-refractivity contribution in [1.29, 1.82) is 0 Å². The molecule has 2 unspecified atom stereocenters. The number of amides is 2. The van der Waals surface area contributed by atoms with Gasteiger partial charge in [0.25, 0.3) is 0 Å². The molecule has 0 spiro atoms. The molecule has 0 aromatic carbocycles. The number of rotatable bonds is 6. The summed E-state index contributed by atoms with van der Waals surface area (Å²) in [6.45, 7) is 0.366. The largest absolute Gasteiger partial charge is 0.474 e. The first-order chi connectivity index (χ1) is 12.9. The molecule has 2 N–H and O–H groups in total. The number of ether oxygens (including phenoxy) is 1. The lowest BCUT2D eigenvalue weighted by molar-refractivity contribution is 0.201. The summed E-state index contributed by atoms with van der Waals surface area (Å²) in [4.78, 5) is 16.4. The summed E-state index contributed by atoms with van der Waals surface area (Å²) in [6, 6.07) is 3.36. The Kier molecular flexibility index (Phi) is 6.57. The third-order valence-electron chi connectivity index (χ3n) is 5.41. The standard InChI is InChI=1S/C19H29N3O4S/c1-27(24,25)17-8-4-5-15(11-17)22-19(23)21-13-14-9-10-18(20-12-14)26-16-6-2-3-7-16/h9-10,12,15-17H,2-8,11,13H2,1H3,(H2,21,22,23). The lowest BCUT2D eigenvalue weighted by atomic mass is 9.95. The van der Waals surface area contributed by atoms with E-state index < -0.39 is 9.84 Å². The van der Waals surface area contributed by atoms with Crippen molar-refractivity contribution in [3.8, 4) is 5.88 Å². The van der Waals surface area contributed by atoms with Crippen LogP contribution < -0.4 is 15.4 Å². The molecule has 8 heteroatoms. The Morgan fingerprint density at radius 1 is 1.19 bits per heavy atom. The molecule has 2 saturated carbocycles. The molecule has 2 fully saturated rings. The molecule has 150 valence electrons. The van der Waals surface area contributed by atoms with Crippen LogP contribution in [-0.4, -0.2) is 43.1 Å². The number of carbonyl (C=O) groups excluding carboxylic acids is 1. The minimum Gasteiger partial charge on any atom is -0.474 e. The summed E-state index contributed by atoms with van der Waals surface area (Å²) in [5.74, 6) is 0.629. The Balaban J connectivity index is 1.42. The molecule has 2 aliphatic rings. The number of hydrogen-bond acceptors (Lipinski definition) is 5. The zero-order valence-electron chi connectivity index (χ0n) is 15.8. The van der Waals surface area contributed by atoms with Gasteiger partial charge in [0.05, 0.1) is 5.25 Å². The maximum Gasteiger partial charge on any atom is 0.315 e. The third-order valence-corrected chi connectivity index (χ3v) is 7.05. The van der Waals surface area contributed by atoms with Gasteiger partial charge in [0.15, 0.2) is 0 Å². The van der Waals surface area contributed by atoms with Crippen LogP contribution in [0.15, 0.2) is 18.3 Å². The highest BCUT2D eigenvalue weighted by molar-refractivity contribution is 7.91. The SMILES string of the molecule is CS(=O)(=O)C1CCCC(NC(=O)NCc2ccc(OC3CCCC3)nc2)C1. The van der Waals surface area contributed by atoms with Crippen LogP contribution in [0.3, 0.4) is 0 Å². The van der Waals surface area contributed by atoms with E-state index in [9.17, 15) is 13.2 Å². The number of aromatic nitrogens is 1. The number of nitrogens with zero attached hydrogens (tertiary/aromatic N) is 1. The first kappa shape index (κ1) is 19.9. The van der Waals surface area contributed by atoms with E-state index in [4.69, 9.17) is 4.74 Å². The van der Waals surface area contributed by atoms with Gasteiger partial charge in [-0.25, -0.2) is 18.2 Å². The molecule has 0 aliphatic heterocycles. The first-order valence-electron chi connectivity index (χ1n) is 9.75.